The molecule has 1 aliphatic carbocycles. The Kier molecular flexibility index (Phi) is 8.56. The second kappa shape index (κ2) is 12.2. The highest BCUT2D eigenvalue weighted by atomic mass is 32.1. The summed E-state index contributed by atoms with van der Waals surface area (Å²) in [4.78, 5) is 37.7. The maximum Gasteiger partial charge on any atom is 0.341 e. The number of amides is 1. The van der Waals surface area contributed by atoms with Crippen LogP contribution in [0.4, 0.5) is 5.00 Å². The zero-order valence-corrected chi connectivity index (χ0v) is 21.6. The number of anilines is 1. The van der Waals surface area contributed by atoms with E-state index in [0.717, 1.165) is 41.7 Å². The van der Waals surface area contributed by atoms with Crippen molar-refractivity contribution in [1.29, 1.82) is 5.26 Å². The molecule has 0 atom stereocenters. The molecule has 3 aromatic rings. The number of nitrogens with one attached hydrogen (secondary N) is 1. The molecule has 4 rings (SSSR count). The summed E-state index contributed by atoms with van der Waals surface area (Å²) in [6, 6.07) is 15.2. The fraction of sp³-hybridized carbons (Fsp3) is 0.241. The number of thiophene rings is 1. The van der Waals surface area contributed by atoms with Gasteiger partial charge in [0.05, 0.1) is 17.7 Å². The molecule has 0 bridgehead atoms. The maximum absolute atomic E-state index is 13.0. The first-order chi connectivity index (χ1) is 18.4. The molecular formula is C29H26N2O6S. The van der Waals surface area contributed by atoms with Crippen LogP contribution in [0, 0.1) is 11.3 Å². The second-order valence-corrected chi connectivity index (χ2v) is 9.72. The number of nitriles is 1. The number of benzene rings is 2. The molecular weight excluding hydrogens is 504 g/mol. The monoisotopic (exact) mass is 530 g/mol. The Morgan fingerprint density at radius 3 is 2.45 bits per heavy atom. The van der Waals surface area contributed by atoms with Crippen LogP contribution in [0.25, 0.3) is 6.08 Å². The summed E-state index contributed by atoms with van der Waals surface area (Å²) in [5.74, 6) is -1.46. The molecule has 0 aliphatic heterocycles. The van der Waals surface area contributed by atoms with E-state index >= 15 is 0 Å². The fourth-order valence-electron chi connectivity index (χ4n) is 4.13. The molecule has 1 aliphatic rings. The van der Waals surface area contributed by atoms with Gasteiger partial charge in [0.15, 0.2) is 0 Å². The Morgan fingerprint density at radius 1 is 1.08 bits per heavy atom. The summed E-state index contributed by atoms with van der Waals surface area (Å²) in [6.07, 6.45) is 5.10. The normalized spacial score (nSPS) is 12.7. The maximum atomic E-state index is 13.0. The van der Waals surface area contributed by atoms with Crippen molar-refractivity contribution in [3.63, 3.8) is 0 Å². The van der Waals surface area contributed by atoms with Crippen LogP contribution in [0.3, 0.4) is 0 Å². The van der Waals surface area contributed by atoms with Gasteiger partial charge in [-0.1, -0.05) is 24.3 Å². The van der Waals surface area contributed by atoms with Gasteiger partial charge in [-0.15, -0.1) is 11.3 Å². The lowest BCUT2D eigenvalue weighted by Gasteiger charge is -2.12. The van der Waals surface area contributed by atoms with Gasteiger partial charge in [-0.2, -0.15) is 5.26 Å². The van der Waals surface area contributed by atoms with Gasteiger partial charge in [-0.25, -0.2) is 9.59 Å². The summed E-state index contributed by atoms with van der Waals surface area (Å²) in [5.41, 5.74) is 2.89. The van der Waals surface area contributed by atoms with E-state index in [1.54, 1.807) is 43.3 Å². The van der Waals surface area contributed by atoms with Gasteiger partial charge in [0.25, 0.3) is 5.91 Å². The van der Waals surface area contributed by atoms with E-state index < -0.39 is 17.8 Å². The molecule has 0 saturated carbocycles. The molecule has 38 heavy (non-hydrogen) atoms. The van der Waals surface area contributed by atoms with Crippen molar-refractivity contribution in [2.45, 2.75) is 39.2 Å². The van der Waals surface area contributed by atoms with Crippen molar-refractivity contribution in [3.05, 3.63) is 86.8 Å². The Balaban J connectivity index is 1.44. The second-order valence-electron chi connectivity index (χ2n) is 8.62. The molecule has 0 saturated heterocycles. The van der Waals surface area contributed by atoms with Gasteiger partial charge < -0.3 is 19.9 Å². The van der Waals surface area contributed by atoms with Crippen LogP contribution in [-0.4, -0.2) is 29.6 Å². The molecule has 1 amide bonds. The standard InChI is InChI=1S/C29H26N2O6S/c1-2-36-29(35)25-23-5-3-4-6-24(23)38-27(25)31-26(32)21(16-30)15-18-9-13-22(14-10-18)37-17-19-7-11-20(12-8-19)28(33)34/h7-15H,2-6,17H2,1H3,(H,31,32)(H,33,34)/b21-15+. The lowest BCUT2D eigenvalue weighted by atomic mass is 9.95. The third kappa shape index (κ3) is 6.28. The van der Waals surface area contributed by atoms with Crippen LogP contribution in [0.15, 0.2) is 54.1 Å². The minimum absolute atomic E-state index is 0.0987. The topological polar surface area (TPSA) is 126 Å². The summed E-state index contributed by atoms with van der Waals surface area (Å²) >= 11 is 1.37. The number of carbonyl (C=O) groups is 3. The van der Waals surface area contributed by atoms with E-state index in [4.69, 9.17) is 14.6 Å². The number of fused-ring (bicyclic) bond motifs is 1. The number of carbonyl (C=O) groups excluding carboxylic acids is 2. The number of carboxylic acid groups (broad SMARTS) is 1. The van der Waals surface area contributed by atoms with Gasteiger partial charge in [0.1, 0.15) is 29.0 Å². The van der Waals surface area contributed by atoms with Crippen LogP contribution in [-0.2, 0) is 29.0 Å². The van der Waals surface area contributed by atoms with Crippen molar-refractivity contribution in [3.8, 4) is 11.8 Å². The van der Waals surface area contributed by atoms with Crippen LogP contribution in [0.1, 0.15) is 62.0 Å². The quantitative estimate of drug-likeness (QED) is 0.209. The van der Waals surface area contributed by atoms with Gasteiger partial charge in [-0.3, -0.25) is 4.79 Å². The average Bonchev–Trinajstić information content (AvgIpc) is 3.29. The molecule has 8 nitrogen and oxygen atoms in total. The van der Waals surface area contributed by atoms with Crippen molar-refractivity contribution in [1.82, 2.24) is 0 Å². The van der Waals surface area contributed by atoms with Crippen LogP contribution in [0.5, 0.6) is 5.75 Å². The highest BCUT2D eigenvalue weighted by molar-refractivity contribution is 7.17. The first-order valence-electron chi connectivity index (χ1n) is 12.2. The van der Waals surface area contributed by atoms with Crippen molar-refractivity contribution < 1.29 is 29.0 Å². The van der Waals surface area contributed by atoms with Crippen LogP contribution < -0.4 is 10.1 Å². The number of aryl methyl sites for hydroxylation is 1. The highest BCUT2D eigenvalue weighted by Crippen LogP contribution is 2.38. The predicted molar refractivity (Wildman–Crippen MR) is 143 cm³/mol. The van der Waals surface area contributed by atoms with Gasteiger partial charge >= 0.3 is 11.9 Å². The van der Waals surface area contributed by atoms with Gasteiger partial charge in [0, 0.05) is 4.88 Å². The van der Waals surface area contributed by atoms with E-state index in [2.05, 4.69) is 5.32 Å². The van der Waals surface area contributed by atoms with Gasteiger partial charge in [0.2, 0.25) is 0 Å². The molecule has 0 fully saturated rings. The fourth-order valence-corrected chi connectivity index (χ4v) is 5.40. The minimum Gasteiger partial charge on any atom is -0.489 e. The lowest BCUT2D eigenvalue weighted by Crippen LogP contribution is -2.16. The number of carboxylic acids is 1. The number of hydrogen-bond donors (Lipinski definition) is 2. The van der Waals surface area contributed by atoms with E-state index in [9.17, 15) is 19.6 Å². The number of hydrogen-bond acceptors (Lipinski definition) is 7. The molecule has 2 aromatic carbocycles. The molecule has 0 radical (unpaired) electrons. The minimum atomic E-state index is -0.986. The molecule has 0 unspecified atom stereocenters. The third-order valence-electron chi connectivity index (χ3n) is 6.04. The number of aromatic carboxylic acids is 1. The van der Waals surface area contributed by atoms with E-state index in [0.29, 0.717) is 21.9 Å². The first kappa shape index (κ1) is 26.6. The van der Waals surface area contributed by atoms with E-state index in [-0.39, 0.29) is 24.4 Å². The summed E-state index contributed by atoms with van der Waals surface area (Å²) in [7, 11) is 0. The summed E-state index contributed by atoms with van der Waals surface area (Å²) in [5, 5.41) is 21.8. The lowest BCUT2D eigenvalue weighted by molar-refractivity contribution is -0.112. The Morgan fingerprint density at radius 2 is 1.79 bits per heavy atom. The van der Waals surface area contributed by atoms with E-state index in [1.807, 2.05) is 6.07 Å². The molecule has 9 heteroatoms. The largest absolute Gasteiger partial charge is 0.489 e. The van der Waals surface area contributed by atoms with Gasteiger partial charge in [-0.05, 0) is 79.6 Å². The average molecular weight is 531 g/mol. The molecule has 194 valence electrons. The predicted octanol–water partition coefficient (Wildman–Crippen LogP) is 5.63. The van der Waals surface area contributed by atoms with Crippen LogP contribution >= 0.6 is 11.3 Å². The number of nitrogens with zero attached hydrogens (tertiary/aromatic N) is 1. The Bertz CT molecular complexity index is 1410. The summed E-state index contributed by atoms with van der Waals surface area (Å²) in [6.45, 7) is 2.23. The molecule has 2 N–H and O–H groups in total. The number of rotatable bonds is 9. The van der Waals surface area contributed by atoms with E-state index in [1.165, 1.54) is 29.5 Å². The zero-order chi connectivity index (χ0) is 27.1. The SMILES string of the molecule is CCOC(=O)c1c(NC(=O)/C(C#N)=C/c2ccc(OCc3ccc(C(=O)O)cc3)cc2)sc2c1CCCC2. The first-order valence-corrected chi connectivity index (χ1v) is 13.0. The van der Waals surface area contributed by atoms with Crippen molar-refractivity contribution in [2.75, 3.05) is 11.9 Å². The van der Waals surface area contributed by atoms with Crippen LogP contribution in [0.2, 0.25) is 0 Å². The van der Waals surface area contributed by atoms with Crippen molar-refractivity contribution >= 4 is 40.3 Å². The highest BCUT2D eigenvalue weighted by Gasteiger charge is 2.27. The zero-order valence-electron chi connectivity index (χ0n) is 20.8. The summed E-state index contributed by atoms with van der Waals surface area (Å²) < 4.78 is 11.0. The Labute approximate surface area is 224 Å². The number of esters is 1. The molecule has 0 spiro atoms. The third-order valence-corrected chi connectivity index (χ3v) is 7.25. The number of ether oxygens (including phenoxy) is 2. The molecule has 1 aromatic heterocycles. The molecule has 1 heterocycles. The van der Waals surface area contributed by atoms with Crippen molar-refractivity contribution in [2.24, 2.45) is 0 Å². The Hall–Kier alpha value is -4.42. The smallest absolute Gasteiger partial charge is 0.341 e.